The summed E-state index contributed by atoms with van der Waals surface area (Å²) in [5, 5.41) is 26.4. The van der Waals surface area contributed by atoms with Gasteiger partial charge < -0.3 is 83.9 Å². The Balaban J connectivity index is 0.000000198. The molecule has 3 aromatic heterocycles. The van der Waals surface area contributed by atoms with Crippen LogP contribution in [0.2, 0.25) is 5.02 Å². The molecule has 7 heterocycles. The summed E-state index contributed by atoms with van der Waals surface area (Å²) in [5.41, 5.74) is 9.24. The van der Waals surface area contributed by atoms with Crippen molar-refractivity contribution in [3.63, 3.8) is 0 Å². The number of carboxylic acid groups (broad SMARTS) is 1. The number of nitrogens with one attached hydrogen (secondary N) is 6. The van der Waals surface area contributed by atoms with Crippen molar-refractivity contribution in [3.05, 3.63) is 251 Å². The van der Waals surface area contributed by atoms with Gasteiger partial charge in [0.25, 0.3) is 34.4 Å². The third-order valence-corrected chi connectivity index (χ3v) is 25.9. The maximum atomic E-state index is 14.9. The predicted octanol–water partition coefficient (Wildman–Crippen LogP) is 17.2. The van der Waals surface area contributed by atoms with E-state index in [1.54, 1.807) is 54.5 Å². The monoisotopic (exact) mass is 1890 g/mol. The number of pyridine rings is 3. The summed E-state index contributed by atoms with van der Waals surface area (Å²) in [6.07, 6.45) is 5.50. The lowest BCUT2D eigenvalue weighted by molar-refractivity contribution is -0.143. The zero-order chi connectivity index (χ0) is 99.4. The van der Waals surface area contributed by atoms with Crippen LogP contribution in [0, 0.1) is 76.4 Å². The number of nitrogens with zero attached hydrogens (tertiary/aromatic N) is 3. The molecule has 0 saturated carbocycles. The van der Waals surface area contributed by atoms with Crippen molar-refractivity contribution in [3.8, 4) is 39.5 Å². The number of carbonyl (C=O) groups is 6. The lowest BCUT2D eigenvalue weighted by Crippen LogP contribution is -2.44. The first-order valence-electron chi connectivity index (χ1n) is 45.1. The number of ether oxygens (including phenoxy) is 7. The summed E-state index contributed by atoms with van der Waals surface area (Å²) < 4.78 is 134. The number of halogens is 7. The van der Waals surface area contributed by atoms with Crippen molar-refractivity contribution < 1.29 is 93.4 Å². The fourth-order valence-electron chi connectivity index (χ4n) is 16.3. The molecule has 3 amide bonds. The molecule has 26 nitrogen and oxygen atoms in total. The molecule has 726 valence electrons. The summed E-state index contributed by atoms with van der Waals surface area (Å²) in [5.74, 6) is -10.8. The molecule has 4 aliphatic heterocycles. The molecule has 0 unspecified atom stereocenters. The van der Waals surface area contributed by atoms with E-state index in [9.17, 15) is 74.6 Å². The van der Waals surface area contributed by atoms with Crippen molar-refractivity contribution in [2.45, 2.75) is 242 Å². The molecule has 4 aliphatic rings. The first-order chi connectivity index (χ1) is 63.7. The number of esters is 2. The average Bonchev–Trinajstić information content (AvgIpc) is 1.64. The third kappa shape index (κ3) is 24.1. The fraction of sp³-hybridized carbons (Fsp3) is 0.441. The lowest BCUT2D eigenvalue weighted by Gasteiger charge is -2.30. The number of carboxylic acids is 1. The number of hydrogen-bond donors (Lipinski definition) is 7. The maximum absolute atomic E-state index is 14.9. The Hall–Kier alpha value is -12.4. The Bertz CT molecular complexity index is 6080. The number of fused-ring (bicyclic) bond motifs is 3. The standard InChI is InChI=1S/C32H37F2N3O5.C31H35F2N3O5.C31H40F2N2O6.C8H10ClNO/c1-7-18(3)35-21-15-24(33)28(25(34)16-21)30(38)36-26(32(40)41-6)14-20-10-11-23(29-22(20)9-8-12-42-29)27-17(2)13-19(4)37(5)31(27)39;1-6-17(3)34-20-14-23(32)27(24(33)15-20)29(37)35-25(31(39)40)13-19-9-10-22(28-21(19)8-7-11-41-28)26-16(2)12-18(4)36(5)30(26)38;1-8-17(2)34-19-15-22(32)25(23(33)16-19)27(36)35-24(28(37)38-7)14-18-11-12-21(26-20(18)10-9-13-39-26)29-40-30(3,4)31(5,6)41-29;1-5-4-6(2)10(3)8(11)7(5)9/h10-11,13,15-16,18,26,35H,7-9,12,14H2,1-6H3,(H,36,38);9-10,12,14-15,17,25,34H,6-8,11,13H2,1-5H3,(H,35,37)(H,39,40);11-12,15-17,24,29,34H,8-10,13-14H2,1-7H3,(H,35,36);4H,1-3H3/t18-,26-;17-,25-;17-,24-;/m000./s1. The number of amides is 3. The van der Waals surface area contributed by atoms with Crippen LogP contribution in [-0.4, -0.2) is 136 Å². The minimum absolute atomic E-state index is 0.00777. The van der Waals surface area contributed by atoms with E-state index in [0.717, 1.165) is 130 Å². The molecule has 9 aromatic rings. The highest BCUT2D eigenvalue weighted by atomic mass is 35.5. The first kappa shape index (κ1) is 105. The van der Waals surface area contributed by atoms with Gasteiger partial charge in [-0.05, 0) is 259 Å². The highest BCUT2D eigenvalue weighted by Crippen LogP contribution is 2.49. The van der Waals surface area contributed by atoms with Crippen molar-refractivity contribution in [1.82, 2.24) is 29.7 Å². The van der Waals surface area contributed by atoms with Gasteiger partial charge in [0.05, 0.1) is 61.9 Å². The highest BCUT2D eigenvalue weighted by molar-refractivity contribution is 6.31. The number of benzene rings is 6. The van der Waals surface area contributed by atoms with E-state index < -0.39 is 123 Å². The second-order valence-corrected chi connectivity index (χ2v) is 36.0. The van der Waals surface area contributed by atoms with Gasteiger partial charge in [0.2, 0.25) is 0 Å². The van der Waals surface area contributed by atoms with E-state index in [-0.39, 0.29) is 71.1 Å². The molecule has 33 heteroatoms. The molecule has 1 fully saturated rings. The summed E-state index contributed by atoms with van der Waals surface area (Å²) >= 11 is 5.72. The summed E-state index contributed by atoms with van der Waals surface area (Å²) in [7, 11) is 7.49. The Kier molecular flexibility index (Phi) is 34.8. The number of anilines is 3. The van der Waals surface area contributed by atoms with Crippen LogP contribution in [0.25, 0.3) is 22.3 Å². The first-order valence-corrected chi connectivity index (χ1v) is 45.5. The summed E-state index contributed by atoms with van der Waals surface area (Å²) in [6, 6.07) is 18.8. The minimum Gasteiger partial charge on any atom is -0.493 e. The Morgan fingerprint density at radius 3 is 1.07 bits per heavy atom. The molecular formula is C102H122ClF6N9O17. The van der Waals surface area contributed by atoms with Crippen LogP contribution in [-0.2, 0) is 93.0 Å². The number of aromatic nitrogens is 3. The number of hydrogen-bond acceptors (Lipinski definition) is 19. The number of methoxy groups -OCH3 is 2. The Morgan fingerprint density at radius 1 is 0.452 bits per heavy atom. The van der Waals surface area contributed by atoms with Crippen LogP contribution in [0.4, 0.5) is 43.4 Å². The molecule has 6 atom stereocenters. The van der Waals surface area contributed by atoms with E-state index in [1.807, 2.05) is 141 Å². The summed E-state index contributed by atoms with van der Waals surface area (Å²) in [4.78, 5) is 114. The molecule has 7 N–H and O–H groups in total. The van der Waals surface area contributed by atoms with E-state index in [4.69, 9.17) is 44.8 Å². The number of carbonyl (C=O) groups excluding carboxylic acids is 5. The van der Waals surface area contributed by atoms with Crippen LogP contribution in [0.15, 0.2) is 105 Å². The van der Waals surface area contributed by atoms with Gasteiger partial charge in [0, 0.05) is 104 Å². The zero-order valence-corrected chi connectivity index (χ0v) is 81.0. The van der Waals surface area contributed by atoms with Crippen molar-refractivity contribution in [1.29, 1.82) is 0 Å². The van der Waals surface area contributed by atoms with Crippen LogP contribution < -0.4 is 62.8 Å². The Morgan fingerprint density at radius 2 is 0.748 bits per heavy atom. The maximum Gasteiger partial charge on any atom is 0.328 e. The Labute approximate surface area is 786 Å². The summed E-state index contributed by atoms with van der Waals surface area (Å²) in [6.45, 7) is 31.8. The van der Waals surface area contributed by atoms with Gasteiger partial charge in [0.15, 0.2) is 6.29 Å². The second-order valence-electron chi connectivity index (χ2n) is 35.7. The van der Waals surface area contributed by atoms with Crippen molar-refractivity contribution >= 4 is 64.3 Å². The van der Waals surface area contributed by atoms with Crippen LogP contribution in [0.3, 0.4) is 0 Å². The predicted molar refractivity (Wildman–Crippen MR) is 506 cm³/mol. The van der Waals surface area contributed by atoms with E-state index >= 15 is 0 Å². The van der Waals surface area contributed by atoms with Crippen molar-refractivity contribution in [2.75, 3.05) is 50.0 Å². The molecule has 135 heavy (non-hydrogen) atoms. The van der Waals surface area contributed by atoms with Gasteiger partial charge in [-0.15, -0.1) is 0 Å². The normalized spacial score (nSPS) is 15.2. The molecular weight excluding hydrogens is 1770 g/mol. The van der Waals surface area contributed by atoms with Gasteiger partial charge in [-0.1, -0.05) is 62.7 Å². The molecule has 0 aliphatic carbocycles. The van der Waals surface area contributed by atoms with Gasteiger partial charge in [-0.2, -0.15) is 0 Å². The van der Waals surface area contributed by atoms with Crippen LogP contribution in [0.1, 0.15) is 218 Å². The van der Waals surface area contributed by atoms with Crippen molar-refractivity contribution in [2.24, 2.45) is 21.1 Å². The number of rotatable bonds is 27. The molecule has 6 aromatic carbocycles. The van der Waals surface area contributed by atoms with Gasteiger partial charge in [-0.25, -0.2) is 40.7 Å². The van der Waals surface area contributed by atoms with E-state index in [0.29, 0.717) is 101 Å². The SMILES string of the molecule is CC[C@H](C)Nc1cc(F)c(C(=O)N[C@@H](Cc2ccc(-c3c(C)cc(C)n(C)c3=O)c3c2CCCO3)C(=O)O)c(F)c1.CC[C@H](C)Nc1cc(F)c(C(=O)N[C@@H](Cc2ccc(-c3c(C)cc(C)n(C)c3=O)c3c2CCCO3)C(=O)OC)c(F)c1.CC[C@H](C)Nc1cc(F)c(C(=O)N[C@@H](Cc2ccc(C3OC(C)(C)C(C)(C)O3)c3c2CCCO3)C(=O)OC)c(F)c1.Cc1cc(C)n(C)c(=O)c1Cl. The minimum atomic E-state index is -1.47. The van der Waals surface area contributed by atoms with E-state index in [2.05, 4.69) is 31.9 Å². The van der Waals surface area contributed by atoms with Gasteiger partial charge in [0.1, 0.15) is 92.0 Å². The highest BCUT2D eigenvalue weighted by Gasteiger charge is 2.51. The topological polar surface area (TPSA) is 325 Å². The second kappa shape index (κ2) is 44.8. The number of aryl methyl sites for hydroxylation is 6. The van der Waals surface area contributed by atoms with Gasteiger partial charge in [-0.3, -0.25) is 28.8 Å². The molecule has 0 bridgehead atoms. The fourth-order valence-corrected chi connectivity index (χ4v) is 16.5. The average molecular weight is 1900 g/mol. The molecule has 13 rings (SSSR count). The number of aliphatic carboxylic acids is 1. The van der Waals surface area contributed by atoms with E-state index in [1.165, 1.54) is 18.8 Å². The molecule has 1 saturated heterocycles. The zero-order valence-electron chi connectivity index (χ0n) is 80.3. The van der Waals surface area contributed by atoms with Gasteiger partial charge >= 0.3 is 17.9 Å². The van der Waals surface area contributed by atoms with Crippen LogP contribution >= 0.6 is 11.6 Å². The quantitative estimate of drug-likeness (QED) is 0.0186. The smallest absolute Gasteiger partial charge is 0.328 e. The largest absolute Gasteiger partial charge is 0.493 e. The molecule has 0 radical (unpaired) electrons. The lowest BCUT2D eigenvalue weighted by atomic mass is 9.89. The van der Waals surface area contributed by atoms with Crippen LogP contribution in [0.5, 0.6) is 17.2 Å². The molecule has 0 spiro atoms. The third-order valence-electron chi connectivity index (χ3n) is 25.5.